The average Bonchev–Trinajstić information content (AvgIpc) is 2.91. The van der Waals surface area contributed by atoms with E-state index in [4.69, 9.17) is 5.11 Å². The maximum atomic E-state index is 12.0. The molecule has 2 heterocycles. The summed E-state index contributed by atoms with van der Waals surface area (Å²) in [6.07, 6.45) is 1.37. The van der Waals surface area contributed by atoms with Gasteiger partial charge in [0, 0.05) is 13.2 Å². The van der Waals surface area contributed by atoms with E-state index in [0.717, 1.165) is 0 Å². The third-order valence-corrected chi connectivity index (χ3v) is 3.23. The molecule has 0 aliphatic heterocycles. The molecule has 18 heavy (non-hydrogen) atoms. The van der Waals surface area contributed by atoms with Gasteiger partial charge in [-0.2, -0.15) is 0 Å². The first-order valence-corrected chi connectivity index (χ1v) is 5.98. The SMILES string of the molecule is CN(C(=O)c1cccs1)c1cc(C(=O)O)ccn1. The molecule has 0 spiro atoms. The molecular weight excluding hydrogens is 252 g/mol. The first kappa shape index (κ1) is 12.3. The van der Waals surface area contributed by atoms with Gasteiger partial charge in [0.15, 0.2) is 0 Å². The second-order valence-corrected chi connectivity index (χ2v) is 4.50. The Morgan fingerprint density at radius 2 is 2.17 bits per heavy atom. The van der Waals surface area contributed by atoms with Gasteiger partial charge in [-0.1, -0.05) is 6.07 Å². The van der Waals surface area contributed by atoms with Crippen LogP contribution in [0.5, 0.6) is 0 Å². The maximum Gasteiger partial charge on any atom is 0.335 e. The zero-order valence-electron chi connectivity index (χ0n) is 9.53. The van der Waals surface area contributed by atoms with E-state index in [-0.39, 0.29) is 11.5 Å². The van der Waals surface area contributed by atoms with Gasteiger partial charge < -0.3 is 5.11 Å². The highest BCUT2D eigenvalue weighted by Crippen LogP contribution is 2.17. The summed E-state index contributed by atoms with van der Waals surface area (Å²) in [4.78, 5) is 28.8. The average molecular weight is 262 g/mol. The van der Waals surface area contributed by atoms with Gasteiger partial charge in [0.05, 0.1) is 10.4 Å². The number of nitrogens with zero attached hydrogens (tertiary/aromatic N) is 2. The molecule has 0 aliphatic rings. The number of hydrogen-bond donors (Lipinski definition) is 1. The number of amides is 1. The van der Waals surface area contributed by atoms with Crippen molar-refractivity contribution in [3.63, 3.8) is 0 Å². The zero-order valence-corrected chi connectivity index (χ0v) is 10.3. The van der Waals surface area contributed by atoms with E-state index >= 15 is 0 Å². The summed E-state index contributed by atoms with van der Waals surface area (Å²) in [6, 6.07) is 6.25. The maximum absolute atomic E-state index is 12.0. The minimum Gasteiger partial charge on any atom is -0.478 e. The first-order valence-electron chi connectivity index (χ1n) is 5.10. The molecule has 0 radical (unpaired) electrons. The Morgan fingerprint density at radius 3 is 2.78 bits per heavy atom. The molecule has 0 fully saturated rings. The predicted octanol–water partition coefficient (Wildman–Crippen LogP) is 2.12. The van der Waals surface area contributed by atoms with Gasteiger partial charge in [-0.15, -0.1) is 11.3 Å². The second kappa shape index (κ2) is 4.97. The number of thiophene rings is 1. The Labute approximate surface area is 107 Å². The highest BCUT2D eigenvalue weighted by atomic mass is 32.1. The van der Waals surface area contributed by atoms with E-state index in [9.17, 15) is 9.59 Å². The fourth-order valence-corrected chi connectivity index (χ4v) is 2.10. The van der Waals surface area contributed by atoms with Crippen LogP contribution in [0.15, 0.2) is 35.8 Å². The number of hydrogen-bond acceptors (Lipinski definition) is 4. The highest BCUT2D eigenvalue weighted by molar-refractivity contribution is 7.12. The smallest absolute Gasteiger partial charge is 0.335 e. The summed E-state index contributed by atoms with van der Waals surface area (Å²) >= 11 is 1.33. The molecule has 0 saturated carbocycles. The van der Waals surface area contributed by atoms with Crippen LogP contribution in [0.4, 0.5) is 5.82 Å². The largest absolute Gasteiger partial charge is 0.478 e. The lowest BCUT2D eigenvalue weighted by Crippen LogP contribution is -2.26. The molecule has 2 aromatic heterocycles. The Balaban J connectivity index is 2.29. The predicted molar refractivity (Wildman–Crippen MR) is 68.2 cm³/mol. The van der Waals surface area contributed by atoms with Crippen molar-refractivity contribution >= 4 is 29.0 Å². The van der Waals surface area contributed by atoms with Crippen LogP contribution < -0.4 is 4.90 Å². The third kappa shape index (κ3) is 2.38. The molecule has 1 amide bonds. The summed E-state index contributed by atoms with van der Waals surface area (Å²) in [5.41, 5.74) is 0.103. The van der Waals surface area contributed by atoms with E-state index < -0.39 is 5.97 Å². The highest BCUT2D eigenvalue weighted by Gasteiger charge is 2.16. The number of aromatic nitrogens is 1. The van der Waals surface area contributed by atoms with Gasteiger partial charge in [-0.05, 0) is 23.6 Å². The van der Waals surface area contributed by atoms with Gasteiger partial charge in [0.2, 0.25) is 0 Å². The van der Waals surface area contributed by atoms with Crippen molar-refractivity contribution in [1.82, 2.24) is 4.98 Å². The fraction of sp³-hybridized carbons (Fsp3) is 0.0833. The quantitative estimate of drug-likeness (QED) is 0.919. The minimum absolute atomic E-state index is 0.103. The van der Waals surface area contributed by atoms with E-state index in [0.29, 0.717) is 10.7 Å². The number of rotatable bonds is 3. The number of carboxylic acid groups (broad SMARTS) is 1. The van der Waals surface area contributed by atoms with Crippen molar-refractivity contribution in [2.24, 2.45) is 0 Å². The molecule has 0 aromatic carbocycles. The van der Waals surface area contributed by atoms with Crippen LogP contribution in [0.3, 0.4) is 0 Å². The van der Waals surface area contributed by atoms with Gasteiger partial charge in [-0.25, -0.2) is 9.78 Å². The molecule has 0 saturated heterocycles. The van der Waals surface area contributed by atoms with Gasteiger partial charge in [0.25, 0.3) is 5.91 Å². The lowest BCUT2D eigenvalue weighted by Gasteiger charge is -2.15. The summed E-state index contributed by atoms with van der Waals surface area (Å²) in [5.74, 6) is -0.941. The minimum atomic E-state index is -1.05. The van der Waals surface area contributed by atoms with Crippen molar-refractivity contribution in [2.45, 2.75) is 0 Å². The van der Waals surface area contributed by atoms with Crippen LogP contribution in [0.25, 0.3) is 0 Å². The summed E-state index contributed by atoms with van der Waals surface area (Å²) < 4.78 is 0. The lowest BCUT2D eigenvalue weighted by atomic mass is 10.2. The molecule has 2 rings (SSSR count). The van der Waals surface area contributed by atoms with Crippen molar-refractivity contribution in [1.29, 1.82) is 0 Å². The van der Waals surface area contributed by atoms with Crippen molar-refractivity contribution in [3.05, 3.63) is 46.3 Å². The lowest BCUT2D eigenvalue weighted by molar-refractivity contribution is 0.0696. The second-order valence-electron chi connectivity index (χ2n) is 3.55. The Morgan fingerprint density at radius 1 is 1.39 bits per heavy atom. The van der Waals surface area contributed by atoms with Crippen LogP contribution >= 0.6 is 11.3 Å². The van der Waals surface area contributed by atoms with Crippen LogP contribution in [0, 0.1) is 0 Å². The standard InChI is InChI=1S/C12H10N2O3S/c1-14(11(15)9-3-2-6-18-9)10-7-8(12(16)17)4-5-13-10/h2-7H,1H3,(H,16,17). The monoisotopic (exact) mass is 262 g/mol. The Kier molecular flexibility index (Phi) is 3.38. The van der Waals surface area contributed by atoms with Crippen LogP contribution in [-0.2, 0) is 0 Å². The number of carbonyl (C=O) groups excluding carboxylic acids is 1. The molecule has 1 N–H and O–H groups in total. The van der Waals surface area contributed by atoms with Crippen LogP contribution in [0.2, 0.25) is 0 Å². The number of pyridine rings is 1. The van der Waals surface area contributed by atoms with Crippen LogP contribution in [0.1, 0.15) is 20.0 Å². The summed E-state index contributed by atoms with van der Waals surface area (Å²) in [6.45, 7) is 0. The molecule has 2 aromatic rings. The van der Waals surface area contributed by atoms with E-state index in [1.807, 2.05) is 5.38 Å². The van der Waals surface area contributed by atoms with Crippen LogP contribution in [-0.4, -0.2) is 29.0 Å². The molecule has 0 bridgehead atoms. The molecule has 5 nitrogen and oxygen atoms in total. The Hall–Kier alpha value is -2.21. The molecule has 0 atom stereocenters. The van der Waals surface area contributed by atoms with E-state index in [1.54, 1.807) is 19.2 Å². The van der Waals surface area contributed by atoms with Gasteiger partial charge in [0.1, 0.15) is 5.82 Å². The number of carbonyl (C=O) groups is 2. The molecule has 6 heteroatoms. The summed E-state index contributed by atoms with van der Waals surface area (Å²) in [5, 5.41) is 10.7. The number of carboxylic acids is 1. The molecule has 0 unspecified atom stereocenters. The normalized spacial score (nSPS) is 10.1. The zero-order chi connectivity index (χ0) is 13.1. The first-order chi connectivity index (χ1) is 8.59. The van der Waals surface area contributed by atoms with Crippen molar-refractivity contribution in [2.75, 3.05) is 11.9 Å². The van der Waals surface area contributed by atoms with E-state index in [2.05, 4.69) is 4.98 Å². The molecular formula is C12H10N2O3S. The van der Waals surface area contributed by atoms with Crippen molar-refractivity contribution < 1.29 is 14.7 Å². The van der Waals surface area contributed by atoms with E-state index in [1.165, 1.54) is 34.6 Å². The van der Waals surface area contributed by atoms with Gasteiger partial charge >= 0.3 is 5.97 Å². The van der Waals surface area contributed by atoms with Gasteiger partial charge in [-0.3, -0.25) is 9.69 Å². The molecule has 92 valence electrons. The van der Waals surface area contributed by atoms with Crippen molar-refractivity contribution in [3.8, 4) is 0 Å². The topological polar surface area (TPSA) is 70.5 Å². The fourth-order valence-electron chi connectivity index (χ4n) is 1.40. The third-order valence-electron chi connectivity index (χ3n) is 2.37. The molecule has 0 aliphatic carbocycles. The number of anilines is 1. The Bertz CT molecular complexity index is 581. The number of aromatic carboxylic acids is 1. The summed E-state index contributed by atoms with van der Waals surface area (Å²) in [7, 11) is 1.57.